The number of thiazole rings is 1. The van der Waals surface area contributed by atoms with Crippen LogP contribution in [-0.2, 0) is 6.18 Å². The fourth-order valence-corrected chi connectivity index (χ4v) is 2.87. The van der Waals surface area contributed by atoms with Crippen LogP contribution in [0.5, 0.6) is 10.8 Å². The number of halogens is 4. The highest BCUT2D eigenvalue weighted by atomic mass is 35.5. The van der Waals surface area contributed by atoms with Gasteiger partial charge in [-0.1, -0.05) is 29.0 Å². The number of aromatic nitrogens is 3. The molecule has 0 aliphatic carbocycles. The summed E-state index contributed by atoms with van der Waals surface area (Å²) in [4.78, 5) is 11.7. The Hall–Kier alpha value is -2.19. The minimum Gasteiger partial charge on any atom is -0.444 e. The number of rotatable bonds is 3. The van der Waals surface area contributed by atoms with E-state index >= 15 is 0 Å². The van der Waals surface area contributed by atoms with Crippen LogP contribution in [0.2, 0.25) is 5.15 Å². The van der Waals surface area contributed by atoms with Gasteiger partial charge in [0.2, 0.25) is 10.1 Å². The third kappa shape index (κ3) is 3.65. The molecule has 0 N–H and O–H groups in total. The molecule has 0 fully saturated rings. The van der Waals surface area contributed by atoms with Crippen LogP contribution in [0.3, 0.4) is 0 Å². The summed E-state index contributed by atoms with van der Waals surface area (Å²) in [5.74, 6) is 0.265. The van der Waals surface area contributed by atoms with E-state index in [1.54, 1.807) is 25.1 Å². The van der Waals surface area contributed by atoms with Gasteiger partial charge in [0.15, 0.2) is 0 Å². The zero-order chi connectivity index (χ0) is 17.3. The van der Waals surface area contributed by atoms with Crippen molar-refractivity contribution < 1.29 is 17.9 Å². The van der Waals surface area contributed by atoms with Gasteiger partial charge >= 0.3 is 6.18 Å². The van der Waals surface area contributed by atoms with E-state index in [4.69, 9.17) is 16.3 Å². The van der Waals surface area contributed by atoms with Crippen LogP contribution in [0.25, 0.3) is 11.4 Å². The zero-order valence-electron chi connectivity index (χ0n) is 12.1. The van der Waals surface area contributed by atoms with Gasteiger partial charge in [0, 0.05) is 18.0 Å². The molecule has 3 aromatic heterocycles. The molecule has 3 heterocycles. The summed E-state index contributed by atoms with van der Waals surface area (Å²) in [5.41, 5.74) is 0.993. The largest absolute Gasteiger partial charge is 0.444 e. The molecule has 4 nitrogen and oxygen atoms in total. The highest BCUT2D eigenvalue weighted by molar-refractivity contribution is 7.14. The number of ether oxygens (including phenoxy) is 1. The minimum absolute atomic E-state index is 0.0114. The average molecular weight is 372 g/mol. The van der Waals surface area contributed by atoms with Crippen molar-refractivity contribution in [1.29, 1.82) is 0 Å². The van der Waals surface area contributed by atoms with Gasteiger partial charge in [-0.2, -0.15) is 13.2 Å². The van der Waals surface area contributed by atoms with Crippen LogP contribution in [0.4, 0.5) is 13.2 Å². The highest BCUT2D eigenvalue weighted by Crippen LogP contribution is 2.43. The van der Waals surface area contributed by atoms with Crippen molar-refractivity contribution in [2.24, 2.45) is 0 Å². The van der Waals surface area contributed by atoms with Crippen molar-refractivity contribution in [3.63, 3.8) is 0 Å². The lowest BCUT2D eigenvalue weighted by atomic mass is 10.2. The maximum Gasteiger partial charge on any atom is 0.443 e. The summed E-state index contributed by atoms with van der Waals surface area (Å²) in [6.07, 6.45) is -3.17. The Labute approximate surface area is 143 Å². The normalized spacial score (nSPS) is 11.5. The third-order valence-corrected chi connectivity index (χ3v) is 4.06. The van der Waals surface area contributed by atoms with E-state index in [1.165, 1.54) is 18.3 Å². The van der Waals surface area contributed by atoms with Gasteiger partial charge in [0.1, 0.15) is 16.6 Å². The maximum atomic E-state index is 13.0. The van der Waals surface area contributed by atoms with E-state index in [0.29, 0.717) is 22.7 Å². The molecular weight excluding hydrogens is 363 g/mol. The first-order valence-corrected chi connectivity index (χ1v) is 7.84. The van der Waals surface area contributed by atoms with Gasteiger partial charge in [0.05, 0.1) is 5.69 Å². The molecule has 0 unspecified atom stereocenters. The maximum absolute atomic E-state index is 13.0. The molecule has 124 valence electrons. The number of alkyl halides is 3. The Kier molecular flexibility index (Phi) is 4.42. The molecule has 0 spiro atoms. The molecule has 24 heavy (non-hydrogen) atoms. The first-order chi connectivity index (χ1) is 11.3. The molecule has 0 aromatic carbocycles. The van der Waals surface area contributed by atoms with Crippen molar-refractivity contribution in [3.05, 3.63) is 52.4 Å². The third-order valence-electron chi connectivity index (χ3n) is 2.88. The van der Waals surface area contributed by atoms with E-state index < -0.39 is 11.2 Å². The lowest BCUT2D eigenvalue weighted by Crippen LogP contribution is -2.03. The van der Waals surface area contributed by atoms with Crippen LogP contribution in [-0.4, -0.2) is 15.0 Å². The molecule has 0 aliphatic rings. The van der Waals surface area contributed by atoms with Crippen LogP contribution in [0.15, 0.2) is 36.5 Å². The Balaban J connectivity index is 2.08. The Morgan fingerprint density at radius 3 is 2.62 bits per heavy atom. The predicted molar refractivity (Wildman–Crippen MR) is 84.4 cm³/mol. The zero-order valence-corrected chi connectivity index (χ0v) is 13.7. The fourth-order valence-electron chi connectivity index (χ4n) is 1.89. The van der Waals surface area contributed by atoms with E-state index in [9.17, 15) is 13.2 Å². The van der Waals surface area contributed by atoms with Crippen LogP contribution < -0.4 is 4.74 Å². The molecule has 0 radical (unpaired) electrons. The van der Waals surface area contributed by atoms with Crippen LogP contribution >= 0.6 is 22.9 Å². The predicted octanol–water partition coefficient (Wildman–Crippen LogP) is 5.37. The average Bonchev–Trinajstić information content (AvgIpc) is 2.91. The quantitative estimate of drug-likeness (QED) is 0.580. The van der Waals surface area contributed by atoms with Crippen molar-refractivity contribution >= 4 is 22.9 Å². The smallest absolute Gasteiger partial charge is 0.443 e. The standard InChI is InChI=1S/C15H9ClF3N3OS/c1-8-3-2-4-10(21-8)12-13(24-14(22-12)15(17,18)19)23-9-5-6-20-11(16)7-9/h2-7H,1H3. The first-order valence-electron chi connectivity index (χ1n) is 6.64. The number of aryl methyl sites for hydroxylation is 1. The molecule has 0 atom stereocenters. The molecule has 0 aliphatic heterocycles. The summed E-state index contributed by atoms with van der Waals surface area (Å²) < 4.78 is 44.6. The first kappa shape index (κ1) is 16.7. The van der Waals surface area contributed by atoms with Gasteiger partial charge in [-0.25, -0.2) is 9.97 Å². The summed E-state index contributed by atoms with van der Waals surface area (Å²) in [5, 5.41) is -0.845. The Morgan fingerprint density at radius 2 is 1.96 bits per heavy atom. The van der Waals surface area contributed by atoms with Gasteiger partial charge < -0.3 is 4.74 Å². The molecule has 0 bridgehead atoms. The van der Waals surface area contributed by atoms with Crippen LogP contribution in [0, 0.1) is 6.92 Å². The fraction of sp³-hybridized carbons (Fsp3) is 0.133. The molecule has 0 saturated carbocycles. The summed E-state index contributed by atoms with van der Waals surface area (Å²) in [6, 6.07) is 7.91. The van der Waals surface area contributed by atoms with Crippen molar-refractivity contribution in [3.8, 4) is 22.2 Å². The number of hydrogen-bond donors (Lipinski definition) is 0. The number of pyridine rings is 2. The van der Waals surface area contributed by atoms with Gasteiger partial charge in [-0.3, -0.25) is 4.98 Å². The SMILES string of the molecule is Cc1cccc(-c2nc(C(F)(F)F)sc2Oc2ccnc(Cl)c2)n1. The van der Waals surface area contributed by atoms with Crippen molar-refractivity contribution in [1.82, 2.24) is 15.0 Å². The van der Waals surface area contributed by atoms with E-state index in [0.717, 1.165) is 0 Å². The molecular formula is C15H9ClF3N3OS. The van der Waals surface area contributed by atoms with Crippen molar-refractivity contribution in [2.75, 3.05) is 0 Å². The molecule has 3 aromatic rings. The van der Waals surface area contributed by atoms with Gasteiger partial charge in [0.25, 0.3) is 0 Å². The van der Waals surface area contributed by atoms with Crippen LogP contribution in [0.1, 0.15) is 10.7 Å². The molecule has 0 saturated heterocycles. The number of nitrogens with zero attached hydrogens (tertiary/aromatic N) is 3. The second kappa shape index (κ2) is 6.37. The molecule has 0 amide bonds. The summed E-state index contributed by atoms with van der Waals surface area (Å²) >= 11 is 6.18. The minimum atomic E-state index is -4.57. The van der Waals surface area contributed by atoms with E-state index in [-0.39, 0.29) is 21.7 Å². The van der Waals surface area contributed by atoms with Gasteiger partial charge in [-0.05, 0) is 25.1 Å². The van der Waals surface area contributed by atoms with E-state index in [2.05, 4.69) is 15.0 Å². The van der Waals surface area contributed by atoms with Crippen molar-refractivity contribution in [2.45, 2.75) is 13.1 Å². The lowest BCUT2D eigenvalue weighted by Gasteiger charge is -2.05. The second-order valence-corrected chi connectivity index (χ2v) is 6.08. The van der Waals surface area contributed by atoms with E-state index in [1.807, 2.05) is 0 Å². The Morgan fingerprint density at radius 1 is 1.17 bits per heavy atom. The second-order valence-electron chi connectivity index (χ2n) is 4.73. The Bertz CT molecular complexity index is 882. The topological polar surface area (TPSA) is 47.9 Å². The summed E-state index contributed by atoms with van der Waals surface area (Å²) in [7, 11) is 0. The molecule has 9 heteroatoms. The summed E-state index contributed by atoms with van der Waals surface area (Å²) in [6.45, 7) is 1.74. The molecule has 3 rings (SSSR count). The van der Waals surface area contributed by atoms with Gasteiger partial charge in [-0.15, -0.1) is 0 Å². The highest BCUT2D eigenvalue weighted by Gasteiger charge is 2.37. The monoisotopic (exact) mass is 371 g/mol. The number of hydrogen-bond acceptors (Lipinski definition) is 5. The lowest BCUT2D eigenvalue weighted by molar-refractivity contribution is -0.137.